The van der Waals surface area contributed by atoms with E-state index < -0.39 is 0 Å². The fourth-order valence-electron chi connectivity index (χ4n) is 2.69. The molecule has 1 heterocycles. The number of rotatable bonds is 5. The van der Waals surface area contributed by atoms with Gasteiger partial charge in [0.2, 0.25) is 5.13 Å². The Balaban J connectivity index is 1.51. The summed E-state index contributed by atoms with van der Waals surface area (Å²) in [5.74, 6) is 1.58. The zero-order valence-electron chi connectivity index (χ0n) is 14.2. The average molecular weight is 359 g/mol. The summed E-state index contributed by atoms with van der Waals surface area (Å²) < 4.78 is 5.33. The topological polar surface area (TPSA) is 46.5 Å². The molecule has 0 aliphatic rings. The first-order chi connectivity index (χ1) is 12.8. The monoisotopic (exact) mass is 359 g/mol. The van der Waals surface area contributed by atoms with E-state index in [4.69, 9.17) is 4.74 Å². The molecule has 4 aromatic rings. The lowest BCUT2D eigenvalue weighted by Crippen LogP contribution is -1.90. The standard InChI is InChI=1S/C21H17N3OS/c1-25-19-9-5-4-8-17(19)13-22-21-24-20(14-26-21)23-18-11-10-15-6-2-3-7-16(15)12-18/h2-14,23H,1H3/b22-13+. The lowest BCUT2D eigenvalue weighted by molar-refractivity contribution is 0.414. The van der Waals surface area contributed by atoms with E-state index in [1.165, 1.54) is 22.1 Å². The van der Waals surface area contributed by atoms with E-state index in [0.717, 1.165) is 22.8 Å². The molecule has 4 nitrogen and oxygen atoms in total. The molecule has 26 heavy (non-hydrogen) atoms. The van der Waals surface area contributed by atoms with Gasteiger partial charge in [0.15, 0.2) is 0 Å². The van der Waals surface area contributed by atoms with Crippen LogP contribution in [0.25, 0.3) is 10.8 Å². The Hall–Kier alpha value is -3.18. The molecule has 3 aromatic carbocycles. The quantitative estimate of drug-likeness (QED) is 0.458. The first-order valence-electron chi connectivity index (χ1n) is 8.20. The van der Waals surface area contributed by atoms with Gasteiger partial charge in [0.25, 0.3) is 0 Å². The Morgan fingerprint density at radius 3 is 2.69 bits per heavy atom. The summed E-state index contributed by atoms with van der Waals surface area (Å²) in [6, 6.07) is 22.3. The van der Waals surface area contributed by atoms with Gasteiger partial charge in [-0.15, -0.1) is 11.3 Å². The fourth-order valence-corrected chi connectivity index (χ4v) is 3.29. The predicted octanol–water partition coefficient (Wildman–Crippen LogP) is 5.80. The molecule has 0 aliphatic heterocycles. The third-order valence-electron chi connectivity index (χ3n) is 3.97. The number of hydrogen-bond donors (Lipinski definition) is 1. The number of aliphatic imine (C=N–C) groups is 1. The van der Waals surface area contributed by atoms with Gasteiger partial charge < -0.3 is 10.1 Å². The van der Waals surface area contributed by atoms with Crippen LogP contribution in [0.15, 0.2) is 77.1 Å². The molecule has 0 amide bonds. The van der Waals surface area contributed by atoms with Crippen molar-refractivity contribution >= 4 is 45.0 Å². The van der Waals surface area contributed by atoms with Crippen LogP contribution >= 0.6 is 11.3 Å². The number of nitrogens with zero attached hydrogens (tertiary/aromatic N) is 2. The minimum Gasteiger partial charge on any atom is -0.496 e. The second-order valence-corrected chi connectivity index (χ2v) is 6.54. The maximum absolute atomic E-state index is 5.33. The summed E-state index contributed by atoms with van der Waals surface area (Å²) in [6.07, 6.45) is 1.78. The van der Waals surface area contributed by atoms with Crippen molar-refractivity contribution in [1.29, 1.82) is 0 Å². The van der Waals surface area contributed by atoms with E-state index in [1.54, 1.807) is 13.3 Å². The van der Waals surface area contributed by atoms with Crippen molar-refractivity contribution in [2.45, 2.75) is 0 Å². The van der Waals surface area contributed by atoms with E-state index >= 15 is 0 Å². The van der Waals surface area contributed by atoms with E-state index in [1.807, 2.05) is 41.8 Å². The van der Waals surface area contributed by atoms with Crippen LogP contribution in [0.2, 0.25) is 0 Å². The minimum atomic E-state index is 0.694. The van der Waals surface area contributed by atoms with Gasteiger partial charge >= 0.3 is 0 Å². The van der Waals surface area contributed by atoms with Crippen LogP contribution in [-0.2, 0) is 0 Å². The van der Waals surface area contributed by atoms with Crippen molar-refractivity contribution in [3.8, 4) is 5.75 Å². The van der Waals surface area contributed by atoms with Gasteiger partial charge in [0.1, 0.15) is 11.6 Å². The van der Waals surface area contributed by atoms with Crippen LogP contribution < -0.4 is 10.1 Å². The molecule has 0 bridgehead atoms. The van der Waals surface area contributed by atoms with Crippen LogP contribution in [0.4, 0.5) is 16.6 Å². The van der Waals surface area contributed by atoms with E-state index in [0.29, 0.717) is 5.13 Å². The highest BCUT2D eigenvalue weighted by atomic mass is 32.1. The average Bonchev–Trinajstić information content (AvgIpc) is 3.14. The van der Waals surface area contributed by atoms with Crippen LogP contribution in [0, 0.1) is 0 Å². The SMILES string of the molecule is COc1ccccc1/C=N/c1nc(Nc2ccc3ccccc3c2)cs1. The summed E-state index contributed by atoms with van der Waals surface area (Å²) in [5, 5.41) is 8.41. The third-order valence-corrected chi connectivity index (χ3v) is 4.72. The first-order valence-corrected chi connectivity index (χ1v) is 9.08. The largest absolute Gasteiger partial charge is 0.496 e. The van der Waals surface area contributed by atoms with Crippen molar-refractivity contribution in [3.05, 3.63) is 77.7 Å². The number of para-hydroxylation sites is 1. The number of nitrogens with one attached hydrogen (secondary N) is 1. The molecule has 1 aromatic heterocycles. The molecule has 0 fully saturated rings. The molecule has 128 valence electrons. The Morgan fingerprint density at radius 1 is 1.00 bits per heavy atom. The molecule has 0 spiro atoms. The normalized spacial score (nSPS) is 11.1. The Labute approximate surface area is 155 Å². The fraction of sp³-hybridized carbons (Fsp3) is 0.0476. The molecule has 1 N–H and O–H groups in total. The Morgan fingerprint density at radius 2 is 1.81 bits per heavy atom. The summed E-state index contributed by atoms with van der Waals surface area (Å²) >= 11 is 1.49. The first kappa shape index (κ1) is 16.3. The lowest BCUT2D eigenvalue weighted by Gasteiger charge is -2.04. The van der Waals surface area contributed by atoms with Gasteiger partial charge in [0, 0.05) is 22.8 Å². The summed E-state index contributed by atoms with van der Waals surface area (Å²) in [7, 11) is 1.65. The Bertz CT molecular complexity index is 1070. The highest BCUT2D eigenvalue weighted by Crippen LogP contribution is 2.27. The zero-order chi connectivity index (χ0) is 17.8. The molecule has 0 saturated carbocycles. The lowest BCUT2D eigenvalue weighted by atomic mass is 10.1. The summed E-state index contributed by atoms with van der Waals surface area (Å²) in [4.78, 5) is 8.98. The van der Waals surface area contributed by atoms with E-state index in [2.05, 4.69) is 45.6 Å². The van der Waals surface area contributed by atoms with Gasteiger partial charge in [-0.3, -0.25) is 0 Å². The van der Waals surface area contributed by atoms with Gasteiger partial charge in [-0.1, -0.05) is 42.5 Å². The molecule has 4 rings (SSSR count). The number of ether oxygens (including phenoxy) is 1. The number of benzene rings is 3. The smallest absolute Gasteiger partial charge is 0.211 e. The molecular weight excluding hydrogens is 342 g/mol. The van der Waals surface area contributed by atoms with Gasteiger partial charge in [-0.05, 0) is 35.0 Å². The highest BCUT2D eigenvalue weighted by Gasteiger charge is 2.03. The van der Waals surface area contributed by atoms with Gasteiger partial charge in [-0.2, -0.15) is 0 Å². The Kier molecular flexibility index (Phi) is 4.62. The summed E-state index contributed by atoms with van der Waals surface area (Å²) in [6.45, 7) is 0. The van der Waals surface area contributed by atoms with Crippen molar-refractivity contribution in [3.63, 3.8) is 0 Å². The van der Waals surface area contributed by atoms with Crippen molar-refractivity contribution < 1.29 is 4.74 Å². The van der Waals surface area contributed by atoms with Crippen molar-refractivity contribution in [2.75, 3.05) is 12.4 Å². The maximum Gasteiger partial charge on any atom is 0.211 e. The molecule has 0 atom stereocenters. The van der Waals surface area contributed by atoms with Gasteiger partial charge in [0.05, 0.1) is 7.11 Å². The zero-order valence-corrected chi connectivity index (χ0v) is 15.0. The number of aromatic nitrogens is 1. The van der Waals surface area contributed by atoms with Crippen molar-refractivity contribution in [1.82, 2.24) is 4.98 Å². The molecule has 0 unspecified atom stereocenters. The number of methoxy groups -OCH3 is 1. The number of thiazole rings is 1. The second kappa shape index (κ2) is 7.37. The molecule has 0 aliphatic carbocycles. The predicted molar refractivity (Wildman–Crippen MR) is 110 cm³/mol. The molecular formula is C21H17N3OS. The van der Waals surface area contributed by atoms with E-state index in [-0.39, 0.29) is 0 Å². The molecule has 0 saturated heterocycles. The van der Waals surface area contributed by atoms with Crippen LogP contribution in [0.1, 0.15) is 5.56 Å². The second-order valence-electron chi connectivity index (χ2n) is 5.70. The molecule has 0 radical (unpaired) electrons. The van der Waals surface area contributed by atoms with Gasteiger partial charge in [-0.25, -0.2) is 9.98 Å². The minimum absolute atomic E-state index is 0.694. The highest BCUT2D eigenvalue weighted by molar-refractivity contribution is 7.13. The number of hydrogen-bond acceptors (Lipinski definition) is 5. The van der Waals surface area contributed by atoms with E-state index in [9.17, 15) is 0 Å². The van der Waals surface area contributed by atoms with Crippen LogP contribution in [0.3, 0.4) is 0 Å². The maximum atomic E-state index is 5.33. The third kappa shape index (κ3) is 3.58. The van der Waals surface area contributed by atoms with Crippen molar-refractivity contribution in [2.24, 2.45) is 4.99 Å². The van der Waals surface area contributed by atoms with Crippen LogP contribution in [0.5, 0.6) is 5.75 Å². The number of anilines is 2. The summed E-state index contributed by atoms with van der Waals surface area (Å²) in [5.41, 5.74) is 1.93. The number of fused-ring (bicyclic) bond motifs is 1. The van der Waals surface area contributed by atoms with Crippen LogP contribution in [-0.4, -0.2) is 18.3 Å². The molecule has 5 heteroatoms.